The summed E-state index contributed by atoms with van der Waals surface area (Å²) in [6.07, 6.45) is 7.32. The molecule has 27 heavy (non-hydrogen) atoms. The van der Waals surface area contributed by atoms with Gasteiger partial charge in [-0.25, -0.2) is 4.98 Å². The first-order valence-electron chi connectivity index (χ1n) is 8.54. The summed E-state index contributed by atoms with van der Waals surface area (Å²) in [6.45, 7) is 3.99. The normalized spacial score (nSPS) is 12.6. The second-order valence-corrected chi connectivity index (χ2v) is 7.36. The summed E-state index contributed by atoms with van der Waals surface area (Å²) in [5, 5.41) is 8.97. The third-order valence-corrected chi connectivity index (χ3v) is 4.89. The maximum Gasteiger partial charge on any atom is 0.249 e. The van der Waals surface area contributed by atoms with Crippen molar-refractivity contribution in [2.75, 3.05) is 0 Å². The molecule has 0 fully saturated rings. The number of rotatable bonds is 6. The molecule has 9 heteroatoms. The van der Waals surface area contributed by atoms with Crippen LogP contribution in [0.4, 0.5) is 0 Å². The van der Waals surface area contributed by atoms with Crippen molar-refractivity contribution in [3.8, 4) is 11.4 Å². The summed E-state index contributed by atoms with van der Waals surface area (Å²) < 4.78 is 7.32. The molecule has 0 aliphatic carbocycles. The van der Waals surface area contributed by atoms with Gasteiger partial charge in [0.2, 0.25) is 17.6 Å². The summed E-state index contributed by atoms with van der Waals surface area (Å²) in [5.41, 5.74) is 1.54. The molecule has 1 atom stereocenters. The SMILES string of the molecule is CC(C)C(NC(=O)Cc1cn2ccsc2n1)c1nc(-c2ccncc2)no1. The fraction of sp³-hybridized carbons (Fsp3) is 0.278. The van der Waals surface area contributed by atoms with Gasteiger partial charge >= 0.3 is 0 Å². The van der Waals surface area contributed by atoms with Crippen molar-refractivity contribution in [1.29, 1.82) is 0 Å². The molecule has 0 aliphatic rings. The van der Waals surface area contributed by atoms with Crippen LogP contribution in [0.5, 0.6) is 0 Å². The van der Waals surface area contributed by atoms with Crippen LogP contribution in [0.3, 0.4) is 0 Å². The standard InChI is InChI=1S/C18H18N6O2S/c1-11(2)15(17-22-16(23-26-17)12-3-5-19-6-4-12)21-14(25)9-13-10-24-7-8-27-18(24)20-13/h3-8,10-11,15H,9H2,1-2H3,(H,21,25). The molecule has 0 aromatic carbocycles. The number of nitrogens with zero attached hydrogens (tertiary/aromatic N) is 5. The van der Waals surface area contributed by atoms with Crippen molar-refractivity contribution in [3.63, 3.8) is 0 Å². The van der Waals surface area contributed by atoms with Crippen molar-refractivity contribution in [2.45, 2.75) is 26.3 Å². The van der Waals surface area contributed by atoms with Gasteiger partial charge in [-0.3, -0.25) is 14.2 Å². The average molecular weight is 382 g/mol. The van der Waals surface area contributed by atoms with Gasteiger partial charge in [-0.05, 0) is 18.1 Å². The lowest BCUT2D eigenvalue weighted by Gasteiger charge is -2.18. The zero-order valence-electron chi connectivity index (χ0n) is 14.9. The van der Waals surface area contributed by atoms with E-state index in [4.69, 9.17) is 4.52 Å². The molecular weight excluding hydrogens is 364 g/mol. The minimum absolute atomic E-state index is 0.0881. The maximum absolute atomic E-state index is 12.5. The summed E-state index contributed by atoms with van der Waals surface area (Å²) in [6, 6.07) is 3.24. The van der Waals surface area contributed by atoms with Crippen molar-refractivity contribution in [2.24, 2.45) is 5.92 Å². The molecule has 0 spiro atoms. The van der Waals surface area contributed by atoms with Crippen molar-refractivity contribution in [3.05, 3.63) is 53.9 Å². The van der Waals surface area contributed by atoms with E-state index in [1.54, 1.807) is 12.4 Å². The zero-order valence-corrected chi connectivity index (χ0v) is 15.7. The van der Waals surface area contributed by atoms with Crippen LogP contribution in [0.1, 0.15) is 31.5 Å². The first-order valence-corrected chi connectivity index (χ1v) is 9.42. The Balaban J connectivity index is 1.48. The van der Waals surface area contributed by atoms with E-state index in [1.165, 1.54) is 11.3 Å². The fourth-order valence-corrected chi connectivity index (χ4v) is 3.46. The topological polar surface area (TPSA) is 98.2 Å². The minimum Gasteiger partial charge on any atom is -0.344 e. The highest BCUT2D eigenvalue weighted by atomic mass is 32.1. The molecule has 1 amide bonds. The number of nitrogens with one attached hydrogen (secondary N) is 1. The van der Waals surface area contributed by atoms with E-state index < -0.39 is 0 Å². The van der Waals surface area contributed by atoms with E-state index in [0.29, 0.717) is 11.7 Å². The van der Waals surface area contributed by atoms with E-state index in [9.17, 15) is 4.79 Å². The lowest BCUT2D eigenvalue weighted by atomic mass is 10.0. The van der Waals surface area contributed by atoms with E-state index in [0.717, 1.165) is 16.2 Å². The lowest BCUT2D eigenvalue weighted by Crippen LogP contribution is -2.33. The van der Waals surface area contributed by atoms with Crippen LogP contribution in [0.2, 0.25) is 0 Å². The van der Waals surface area contributed by atoms with Crippen LogP contribution in [0.15, 0.2) is 46.8 Å². The molecule has 138 valence electrons. The monoisotopic (exact) mass is 382 g/mol. The molecule has 1 unspecified atom stereocenters. The highest BCUT2D eigenvalue weighted by molar-refractivity contribution is 7.15. The molecule has 0 aliphatic heterocycles. The number of carbonyl (C=O) groups excluding carboxylic acids is 1. The summed E-state index contributed by atoms with van der Waals surface area (Å²) in [5.74, 6) is 0.811. The van der Waals surface area contributed by atoms with Crippen LogP contribution in [0.25, 0.3) is 16.3 Å². The highest BCUT2D eigenvalue weighted by Gasteiger charge is 2.25. The van der Waals surface area contributed by atoms with Crippen LogP contribution >= 0.6 is 11.3 Å². The Morgan fingerprint density at radius 2 is 2.11 bits per heavy atom. The Kier molecular flexibility index (Phi) is 4.68. The molecule has 4 heterocycles. The van der Waals surface area contributed by atoms with Gasteiger partial charge in [0.05, 0.1) is 12.1 Å². The van der Waals surface area contributed by atoms with Crippen molar-refractivity contribution in [1.82, 2.24) is 29.8 Å². The largest absolute Gasteiger partial charge is 0.344 e. The van der Waals surface area contributed by atoms with Crippen LogP contribution in [0, 0.1) is 5.92 Å². The lowest BCUT2D eigenvalue weighted by molar-refractivity contribution is -0.121. The van der Waals surface area contributed by atoms with Gasteiger partial charge in [0.25, 0.3) is 0 Å². The molecule has 0 bridgehead atoms. The number of amides is 1. The first kappa shape index (κ1) is 17.3. The van der Waals surface area contributed by atoms with Gasteiger partial charge < -0.3 is 9.84 Å². The Morgan fingerprint density at radius 1 is 1.30 bits per heavy atom. The molecule has 0 saturated carbocycles. The van der Waals surface area contributed by atoms with E-state index in [2.05, 4.69) is 25.4 Å². The van der Waals surface area contributed by atoms with Gasteiger partial charge in [-0.15, -0.1) is 11.3 Å². The summed E-state index contributed by atoms with van der Waals surface area (Å²) in [4.78, 5) is 26.3. The van der Waals surface area contributed by atoms with Gasteiger partial charge in [-0.2, -0.15) is 4.98 Å². The van der Waals surface area contributed by atoms with Gasteiger partial charge in [0, 0.05) is 35.7 Å². The zero-order chi connectivity index (χ0) is 18.8. The number of imidazole rings is 1. The Morgan fingerprint density at radius 3 is 2.85 bits per heavy atom. The number of carbonyl (C=O) groups is 1. The molecule has 1 N–H and O–H groups in total. The molecule has 0 saturated heterocycles. The summed E-state index contributed by atoms with van der Waals surface area (Å²) >= 11 is 1.53. The quantitative estimate of drug-likeness (QED) is 0.551. The highest BCUT2D eigenvalue weighted by Crippen LogP contribution is 2.23. The van der Waals surface area contributed by atoms with Gasteiger partial charge in [0.1, 0.15) is 6.04 Å². The molecule has 4 rings (SSSR count). The molecule has 4 aromatic heterocycles. The smallest absolute Gasteiger partial charge is 0.249 e. The number of hydrogen-bond acceptors (Lipinski definition) is 7. The molecule has 8 nitrogen and oxygen atoms in total. The molecule has 0 radical (unpaired) electrons. The van der Waals surface area contributed by atoms with Crippen LogP contribution in [-0.4, -0.2) is 30.4 Å². The number of thiazole rings is 1. The Hall–Kier alpha value is -3.07. The maximum atomic E-state index is 12.5. The number of pyridine rings is 1. The van der Waals surface area contributed by atoms with E-state index >= 15 is 0 Å². The first-order chi connectivity index (χ1) is 13.1. The molecular formula is C18H18N6O2S. The predicted octanol–water partition coefficient (Wildman–Crippen LogP) is 2.90. The van der Waals surface area contributed by atoms with Crippen LogP contribution < -0.4 is 5.32 Å². The average Bonchev–Trinajstić information content (AvgIpc) is 3.36. The Bertz CT molecular complexity index is 1020. The third-order valence-electron chi connectivity index (χ3n) is 4.11. The number of hydrogen-bond donors (Lipinski definition) is 1. The van der Waals surface area contributed by atoms with Gasteiger partial charge in [-0.1, -0.05) is 19.0 Å². The second-order valence-electron chi connectivity index (χ2n) is 6.48. The number of aromatic nitrogens is 5. The fourth-order valence-electron chi connectivity index (χ4n) is 2.74. The van der Waals surface area contributed by atoms with Gasteiger partial charge in [0.15, 0.2) is 4.96 Å². The minimum atomic E-state index is -0.371. The van der Waals surface area contributed by atoms with Crippen LogP contribution in [-0.2, 0) is 11.2 Å². The number of fused-ring (bicyclic) bond motifs is 1. The van der Waals surface area contributed by atoms with E-state index in [1.807, 2.05) is 48.2 Å². The van der Waals surface area contributed by atoms with Crippen molar-refractivity contribution < 1.29 is 9.32 Å². The molecule has 4 aromatic rings. The van der Waals surface area contributed by atoms with E-state index in [-0.39, 0.29) is 24.3 Å². The second kappa shape index (κ2) is 7.28. The third kappa shape index (κ3) is 3.72. The Labute approximate surface area is 159 Å². The summed E-state index contributed by atoms with van der Waals surface area (Å²) in [7, 11) is 0. The predicted molar refractivity (Wildman–Crippen MR) is 100 cm³/mol. The van der Waals surface area contributed by atoms with Crippen molar-refractivity contribution >= 4 is 22.2 Å².